The van der Waals surface area contributed by atoms with Gasteiger partial charge in [-0.2, -0.15) is 0 Å². The van der Waals surface area contributed by atoms with Crippen molar-refractivity contribution in [2.24, 2.45) is 0 Å². The summed E-state index contributed by atoms with van der Waals surface area (Å²) in [5.41, 5.74) is 4.19. The lowest BCUT2D eigenvalue weighted by Crippen LogP contribution is -2.42. The van der Waals surface area contributed by atoms with E-state index in [0.717, 1.165) is 35.6 Å². The lowest BCUT2D eigenvalue weighted by atomic mass is 9.98. The molecule has 0 bridgehead atoms. The Labute approximate surface area is 221 Å². The largest absolute Gasteiger partial charge is 0.480 e. The number of nitrogens with zero attached hydrogens (tertiary/aromatic N) is 3. The molecule has 196 valence electrons. The highest BCUT2D eigenvalue weighted by atomic mass is 16.5. The number of benzene rings is 2. The fraction of sp³-hybridized carbons (Fsp3) is 0.310. The van der Waals surface area contributed by atoms with Crippen molar-refractivity contribution < 1.29 is 24.2 Å². The van der Waals surface area contributed by atoms with E-state index in [-0.39, 0.29) is 17.9 Å². The molecule has 38 heavy (non-hydrogen) atoms. The van der Waals surface area contributed by atoms with Crippen LogP contribution in [-0.2, 0) is 9.53 Å². The Morgan fingerprint density at radius 2 is 1.79 bits per heavy atom. The highest BCUT2D eigenvalue weighted by Crippen LogP contribution is 2.38. The highest BCUT2D eigenvalue weighted by Gasteiger charge is 2.40. The van der Waals surface area contributed by atoms with Crippen LogP contribution in [0.15, 0.2) is 60.8 Å². The van der Waals surface area contributed by atoms with Gasteiger partial charge in [0.2, 0.25) is 0 Å². The summed E-state index contributed by atoms with van der Waals surface area (Å²) in [6.07, 6.45) is 1.92. The number of ether oxygens (including phenoxy) is 1. The molecule has 9 nitrogen and oxygen atoms in total. The van der Waals surface area contributed by atoms with Gasteiger partial charge in [0.25, 0.3) is 11.8 Å². The summed E-state index contributed by atoms with van der Waals surface area (Å²) in [6, 6.07) is 15.5. The maximum absolute atomic E-state index is 13.1. The first-order valence-corrected chi connectivity index (χ1v) is 12.8. The number of carboxylic acid groups (broad SMARTS) is 1. The molecule has 2 aromatic carbocycles. The monoisotopic (exact) mass is 514 g/mol. The van der Waals surface area contributed by atoms with Gasteiger partial charge in [-0.05, 0) is 60.4 Å². The Morgan fingerprint density at radius 1 is 1.08 bits per heavy atom. The van der Waals surface area contributed by atoms with E-state index in [9.17, 15) is 19.5 Å². The summed E-state index contributed by atoms with van der Waals surface area (Å²) in [4.78, 5) is 45.6. The van der Waals surface area contributed by atoms with Gasteiger partial charge in [-0.1, -0.05) is 31.2 Å². The lowest BCUT2D eigenvalue weighted by Gasteiger charge is -2.28. The van der Waals surface area contributed by atoms with Crippen molar-refractivity contribution in [3.05, 3.63) is 77.5 Å². The molecule has 1 unspecified atom stereocenters. The minimum atomic E-state index is -0.998. The van der Waals surface area contributed by atoms with E-state index in [0.29, 0.717) is 36.4 Å². The number of carbonyl (C=O) groups excluding carboxylic acids is 2. The molecule has 0 spiro atoms. The van der Waals surface area contributed by atoms with Crippen LogP contribution in [-0.4, -0.2) is 65.1 Å². The van der Waals surface area contributed by atoms with Crippen molar-refractivity contribution in [2.45, 2.75) is 32.4 Å². The fourth-order valence-corrected chi connectivity index (χ4v) is 5.10. The van der Waals surface area contributed by atoms with Crippen LogP contribution in [0.1, 0.15) is 52.6 Å². The average molecular weight is 515 g/mol. The second-order valence-corrected chi connectivity index (χ2v) is 9.49. The van der Waals surface area contributed by atoms with Crippen molar-refractivity contribution in [3.8, 4) is 11.1 Å². The molecule has 3 aromatic rings. The molecule has 0 saturated carbocycles. The number of aliphatic carboxylic acids is 1. The number of hydrogen-bond acceptors (Lipinski definition) is 6. The van der Waals surface area contributed by atoms with Crippen LogP contribution >= 0.6 is 0 Å². The molecule has 0 aliphatic carbocycles. The van der Waals surface area contributed by atoms with E-state index in [2.05, 4.69) is 15.2 Å². The smallest absolute Gasteiger partial charge is 0.326 e. The summed E-state index contributed by atoms with van der Waals surface area (Å²) in [7, 11) is 0. The second-order valence-electron chi connectivity index (χ2n) is 9.49. The minimum absolute atomic E-state index is 0.250. The summed E-state index contributed by atoms with van der Waals surface area (Å²) in [5, 5.41) is 12.5. The molecule has 2 amide bonds. The summed E-state index contributed by atoms with van der Waals surface area (Å²) >= 11 is 0. The molecule has 2 N–H and O–H groups in total. The third-order valence-electron chi connectivity index (χ3n) is 7.21. The third kappa shape index (κ3) is 4.84. The molecule has 2 atom stereocenters. The standard InChI is InChI=1S/C29H30N4O5/c1-3-25(29(36)37)33-18(2)23-10-6-20(16-24(23)28(33)35)19-4-8-22(9-5-19)31-27(34)21-7-11-26(30-17-21)32-12-14-38-15-13-32/h4-11,16-18,25H,3,12-15H2,1-2H3,(H,31,34)(H,36,37)/t18-,25?/m0/s1. The van der Waals surface area contributed by atoms with Crippen molar-refractivity contribution in [1.82, 2.24) is 9.88 Å². The summed E-state index contributed by atoms with van der Waals surface area (Å²) in [5.74, 6) is -0.685. The minimum Gasteiger partial charge on any atom is -0.480 e. The van der Waals surface area contributed by atoms with Gasteiger partial charge < -0.3 is 25.0 Å². The fourth-order valence-electron chi connectivity index (χ4n) is 5.10. The quantitative estimate of drug-likeness (QED) is 0.486. The van der Waals surface area contributed by atoms with Crippen molar-refractivity contribution in [1.29, 1.82) is 0 Å². The number of morpholine rings is 1. The number of carbonyl (C=O) groups is 3. The molecule has 3 heterocycles. The maximum atomic E-state index is 13.1. The van der Waals surface area contributed by atoms with Gasteiger partial charge in [0, 0.05) is 30.5 Å². The molecule has 2 aliphatic rings. The third-order valence-corrected chi connectivity index (χ3v) is 7.21. The van der Waals surface area contributed by atoms with Crippen LogP contribution in [0.5, 0.6) is 0 Å². The predicted octanol–water partition coefficient (Wildman–Crippen LogP) is 4.22. The van der Waals surface area contributed by atoms with E-state index in [1.807, 2.05) is 55.5 Å². The molecule has 1 fully saturated rings. The molecule has 0 radical (unpaired) electrons. The maximum Gasteiger partial charge on any atom is 0.326 e. The number of nitrogens with one attached hydrogen (secondary N) is 1. The number of amides is 2. The zero-order valence-corrected chi connectivity index (χ0v) is 21.4. The van der Waals surface area contributed by atoms with Gasteiger partial charge in [0.15, 0.2) is 0 Å². The van der Waals surface area contributed by atoms with E-state index >= 15 is 0 Å². The number of rotatable bonds is 7. The Morgan fingerprint density at radius 3 is 2.42 bits per heavy atom. The number of pyridine rings is 1. The van der Waals surface area contributed by atoms with E-state index < -0.39 is 12.0 Å². The number of carboxylic acids is 1. The van der Waals surface area contributed by atoms with Crippen molar-refractivity contribution in [3.63, 3.8) is 0 Å². The van der Waals surface area contributed by atoms with E-state index in [1.165, 1.54) is 4.90 Å². The normalized spacial score (nSPS) is 17.7. The average Bonchev–Trinajstić information content (AvgIpc) is 3.19. The summed E-state index contributed by atoms with van der Waals surface area (Å²) < 4.78 is 5.37. The molecular formula is C29H30N4O5. The first-order valence-electron chi connectivity index (χ1n) is 12.8. The highest BCUT2D eigenvalue weighted by molar-refractivity contribution is 6.04. The molecule has 1 saturated heterocycles. The van der Waals surface area contributed by atoms with Gasteiger partial charge >= 0.3 is 5.97 Å². The van der Waals surface area contributed by atoms with Gasteiger partial charge in [0.1, 0.15) is 11.9 Å². The van der Waals surface area contributed by atoms with Gasteiger partial charge in [0.05, 0.1) is 24.8 Å². The topological polar surface area (TPSA) is 112 Å². The summed E-state index contributed by atoms with van der Waals surface area (Å²) in [6.45, 7) is 6.53. The van der Waals surface area contributed by atoms with Crippen LogP contribution in [0.4, 0.5) is 11.5 Å². The number of fused-ring (bicyclic) bond motifs is 1. The Hall–Kier alpha value is -4.24. The van der Waals surface area contributed by atoms with Crippen LogP contribution in [0.3, 0.4) is 0 Å². The molecule has 9 heteroatoms. The Bertz CT molecular complexity index is 1350. The second kappa shape index (κ2) is 10.6. The SMILES string of the molecule is CCC(C(=O)O)N1C(=O)c2cc(-c3ccc(NC(=O)c4ccc(N5CCOCC5)nc4)cc3)ccc2[C@@H]1C. The first-order chi connectivity index (χ1) is 18.4. The van der Waals surface area contributed by atoms with Crippen LogP contribution in [0.2, 0.25) is 0 Å². The number of anilines is 2. The van der Waals surface area contributed by atoms with Crippen LogP contribution in [0.25, 0.3) is 11.1 Å². The predicted molar refractivity (Wildman–Crippen MR) is 143 cm³/mol. The molecular weight excluding hydrogens is 484 g/mol. The molecule has 1 aromatic heterocycles. The van der Waals surface area contributed by atoms with Gasteiger partial charge in [-0.3, -0.25) is 9.59 Å². The van der Waals surface area contributed by atoms with Crippen LogP contribution in [0, 0.1) is 0 Å². The van der Waals surface area contributed by atoms with E-state index in [4.69, 9.17) is 4.74 Å². The lowest BCUT2D eigenvalue weighted by molar-refractivity contribution is -0.143. The van der Waals surface area contributed by atoms with Crippen molar-refractivity contribution in [2.75, 3.05) is 36.5 Å². The van der Waals surface area contributed by atoms with E-state index in [1.54, 1.807) is 19.2 Å². The first kappa shape index (κ1) is 25.4. The zero-order valence-electron chi connectivity index (χ0n) is 21.4. The van der Waals surface area contributed by atoms with Crippen LogP contribution < -0.4 is 10.2 Å². The Balaban J connectivity index is 1.27. The van der Waals surface area contributed by atoms with Crippen molar-refractivity contribution >= 4 is 29.3 Å². The number of hydrogen-bond donors (Lipinski definition) is 2. The Kier molecular flexibility index (Phi) is 7.11. The molecule has 2 aliphatic heterocycles. The number of aromatic nitrogens is 1. The van der Waals surface area contributed by atoms with Gasteiger partial charge in [-0.15, -0.1) is 0 Å². The van der Waals surface area contributed by atoms with Gasteiger partial charge in [-0.25, -0.2) is 9.78 Å². The zero-order chi connectivity index (χ0) is 26.8. The molecule has 5 rings (SSSR count).